The van der Waals surface area contributed by atoms with E-state index in [4.69, 9.17) is 10.5 Å². The number of hydrogen-bond acceptors (Lipinski definition) is 8. The summed E-state index contributed by atoms with van der Waals surface area (Å²) in [4.78, 5) is 31.1. The first-order valence-electron chi connectivity index (χ1n) is 10.7. The van der Waals surface area contributed by atoms with E-state index in [1.807, 2.05) is 0 Å². The maximum Gasteiger partial charge on any atom is 0.330 e. The Balaban J connectivity index is 0.000000357. The summed E-state index contributed by atoms with van der Waals surface area (Å²) in [6.07, 6.45) is 6.25. The lowest BCUT2D eigenvalue weighted by atomic mass is 10.1. The van der Waals surface area contributed by atoms with E-state index < -0.39 is 16.9 Å². The average Bonchev–Trinajstić information content (AvgIpc) is 3.27. The lowest BCUT2D eigenvalue weighted by Gasteiger charge is -2.14. The van der Waals surface area contributed by atoms with Gasteiger partial charge in [0.15, 0.2) is 11.0 Å². The van der Waals surface area contributed by atoms with Gasteiger partial charge in [0, 0.05) is 6.54 Å². The van der Waals surface area contributed by atoms with E-state index in [9.17, 15) is 14.9 Å². The number of aliphatic imine (C=N–C) groups is 2. The first-order chi connectivity index (χ1) is 15.7. The Morgan fingerprint density at radius 3 is 2.55 bits per heavy atom. The molecule has 10 nitrogen and oxygen atoms in total. The molecule has 0 radical (unpaired) electrons. The highest BCUT2D eigenvalue weighted by molar-refractivity contribution is 8.13. The summed E-state index contributed by atoms with van der Waals surface area (Å²) < 4.78 is 4.77. The van der Waals surface area contributed by atoms with Crippen molar-refractivity contribution in [2.24, 2.45) is 15.7 Å². The number of thioether (sulfide) groups is 1. The van der Waals surface area contributed by atoms with Crippen LogP contribution in [0.2, 0.25) is 0 Å². The fraction of sp³-hybridized carbons (Fsp3) is 0.500. The maximum absolute atomic E-state index is 11.3. The van der Waals surface area contributed by atoms with E-state index in [0.717, 1.165) is 6.54 Å². The molecule has 1 saturated heterocycles. The molecule has 1 aromatic carbocycles. The predicted octanol–water partition coefficient (Wildman–Crippen LogP) is 2.90. The second-order valence-electron chi connectivity index (χ2n) is 7.29. The molecule has 1 aliphatic heterocycles. The topological polar surface area (TPSA) is 135 Å². The number of nitro groups is 1. The van der Waals surface area contributed by atoms with Crippen molar-refractivity contribution in [3.8, 4) is 0 Å². The Kier molecular flexibility index (Phi) is 13.5. The number of esters is 1. The zero-order valence-corrected chi connectivity index (χ0v) is 20.5. The number of hydrogen-bond donors (Lipinski definition) is 2. The first-order valence-corrected chi connectivity index (χ1v) is 11.9. The zero-order chi connectivity index (χ0) is 24.6. The number of ether oxygens (including phenoxy) is 1. The molecular formula is C22H34N6O4S. The van der Waals surface area contributed by atoms with Crippen molar-refractivity contribution in [3.63, 3.8) is 0 Å². The normalized spacial score (nSPS) is 15.6. The van der Waals surface area contributed by atoms with E-state index in [-0.39, 0.29) is 12.4 Å². The predicted molar refractivity (Wildman–Crippen MR) is 134 cm³/mol. The number of nitrogens with one attached hydrogen (secondary N) is 1. The van der Waals surface area contributed by atoms with Gasteiger partial charge in [0.05, 0.1) is 11.5 Å². The van der Waals surface area contributed by atoms with Crippen LogP contribution in [0.15, 0.2) is 46.3 Å². The molecule has 11 heteroatoms. The molecule has 3 N–H and O–H groups in total. The van der Waals surface area contributed by atoms with E-state index >= 15 is 0 Å². The van der Waals surface area contributed by atoms with Gasteiger partial charge in [-0.2, -0.15) is 0 Å². The molecule has 1 unspecified atom stereocenters. The third kappa shape index (κ3) is 12.6. The molecule has 1 atom stereocenters. The summed E-state index contributed by atoms with van der Waals surface area (Å²) in [5, 5.41) is 13.0. The number of amidine groups is 1. The van der Waals surface area contributed by atoms with Gasteiger partial charge in [-0.05, 0) is 58.5 Å². The van der Waals surface area contributed by atoms with Gasteiger partial charge in [-0.3, -0.25) is 20.0 Å². The molecule has 0 bridgehead atoms. The van der Waals surface area contributed by atoms with Crippen LogP contribution >= 0.6 is 11.8 Å². The molecule has 33 heavy (non-hydrogen) atoms. The fourth-order valence-electron chi connectivity index (χ4n) is 2.81. The minimum Gasteiger partial charge on any atom is -0.464 e. The van der Waals surface area contributed by atoms with Crippen molar-refractivity contribution < 1.29 is 14.5 Å². The first kappa shape index (κ1) is 28.1. The SMILES string of the molecule is CCOC(=O)C(C)N=CN=C(N/C(N)=C\[N+](=O)[O-])SC.Cc1ccc(CN2CCCC2)cc1. The fourth-order valence-corrected chi connectivity index (χ4v) is 3.18. The molecule has 0 aromatic heterocycles. The molecule has 182 valence electrons. The highest BCUT2D eigenvalue weighted by Crippen LogP contribution is 2.12. The molecule has 0 spiro atoms. The molecule has 2 rings (SSSR count). The Labute approximate surface area is 199 Å². The highest BCUT2D eigenvalue weighted by atomic mass is 32.2. The lowest BCUT2D eigenvalue weighted by Crippen LogP contribution is -2.26. The minimum absolute atomic E-state index is 0.157. The van der Waals surface area contributed by atoms with Gasteiger partial charge in [0.25, 0.3) is 6.20 Å². The quantitative estimate of drug-likeness (QED) is 0.191. The third-order valence-corrected chi connectivity index (χ3v) is 5.10. The van der Waals surface area contributed by atoms with Gasteiger partial charge < -0.3 is 15.8 Å². The third-order valence-electron chi connectivity index (χ3n) is 4.51. The van der Waals surface area contributed by atoms with Crippen molar-refractivity contribution in [1.29, 1.82) is 0 Å². The van der Waals surface area contributed by atoms with Crippen LogP contribution < -0.4 is 11.1 Å². The van der Waals surface area contributed by atoms with Crippen LogP contribution in [0.3, 0.4) is 0 Å². The standard InChI is InChI=1S/C12H17N.C10H17N5O4S/c1-11-4-6-12(7-5-11)10-13-8-2-3-9-13;1-4-19-9(16)7(2)12-6-13-10(20-3)14-8(11)5-15(17)18/h4-7H,2-3,8-10H2,1H3;5-7H,4,11H2,1-3H3,(H,12,13,14)/b;8-5-. The number of carbonyl (C=O) groups excluding carboxylic acids is 1. The van der Waals surface area contributed by atoms with Gasteiger partial charge >= 0.3 is 5.97 Å². The number of nitrogens with two attached hydrogens (primary N) is 1. The molecule has 0 saturated carbocycles. The van der Waals surface area contributed by atoms with Crippen LogP contribution in [0.4, 0.5) is 0 Å². The van der Waals surface area contributed by atoms with Crippen molar-refractivity contribution in [3.05, 3.63) is 57.5 Å². The lowest BCUT2D eigenvalue weighted by molar-refractivity contribution is -0.403. The summed E-state index contributed by atoms with van der Waals surface area (Å²) in [5.74, 6) is -0.611. The Morgan fingerprint density at radius 1 is 1.36 bits per heavy atom. The molecule has 0 aliphatic carbocycles. The Hall–Kier alpha value is -2.92. The number of aryl methyl sites for hydroxylation is 1. The number of rotatable bonds is 8. The average molecular weight is 479 g/mol. The van der Waals surface area contributed by atoms with E-state index in [2.05, 4.69) is 51.4 Å². The van der Waals surface area contributed by atoms with E-state index in [1.165, 1.54) is 55.2 Å². The van der Waals surface area contributed by atoms with Crippen LogP contribution in [0.25, 0.3) is 0 Å². The van der Waals surface area contributed by atoms with Crippen molar-refractivity contribution >= 4 is 29.2 Å². The van der Waals surface area contributed by atoms with Crippen molar-refractivity contribution in [2.45, 2.75) is 46.2 Å². The molecule has 1 heterocycles. The highest BCUT2D eigenvalue weighted by Gasteiger charge is 2.11. The molecule has 1 aromatic rings. The maximum atomic E-state index is 11.3. The second kappa shape index (κ2) is 15.8. The Bertz CT molecular complexity index is 836. The largest absolute Gasteiger partial charge is 0.464 e. The summed E-state index contributed by atoms with van der Waals surface area (Å²) in [6, 6.07) is 8.21. The van der Waals surface area contributed by atoms with Gasteiger partial charge in [0.1, 0.15) is 12.4 Å². The van der Waals surface area contributed by atoms with Crippen LogP contribution in [0.5, 0.6) is 0 Å². The zero-order valence-electron chi connectivity index (χ0n) is 19.7. The van der Waals surface area contributed by atoms with Crippen LogP contribution in [-0.2, 0) is 16.1 Å². The van der Waals surface area contributed by atoms with Gasteiger partial charge in [0.2, 0.25) is 0 Å². The molecular weight excluding hydrogens is 444 g/mol. The van der Waals surface area contributed by atoms with Crippen molar-refractivity contribution in [2.75, 3.05) is 26.0 Å². The summed E-state index contributed by atoms with van der Waals surface area (Å²) in [5.41, 5.74) is 8.17. The minimum atomic E-state index is -0.683. The van der Waals surface area contributed by atoms with E-state index in [0.29, 0.717) is 11.4 Å². The second-order valence-corrected chi connectivity index (χ2v) is 8.09. The van der Waals surface area contributed by atoms with Gasteiger partial charge in [-0.15, -0.1) is 0 Å². The van der Waals surface area contributed by atoms with Gasteiger partial charge in [-0.1, -0.05) is 41.6 Å². The smallest absolute Gasteiger partial charge is 0.330 e. The number of carbonyl (C=O) groups is 1. The summed E-state index contributed by atoms with van der Waals surface area (Å²) >= 11 is 1.18. The van der Waals surface area contributed by atoms with Crippen LogP contribution in [-0.4, -0.2) is 59.3 Å². The Morgan fingerprint density at radius 2 is 2.00 bits per heavy atom. The van der Waals surface area contributed by atoms with Crippen LogP contribution in [0, 0.1) is 17.0 Å². The summed E-state index contributed by atoms with van der Waals surface area (Å²) in [6.45, 7) is 9.40. The number of likely N-dealkylation sites (tertiary alicyclic amines) is 1. The number of nitrogens with zero attached hydrogens (tertiary/aromatic N) is 4. The summed E-state index contributed by atoms with van der Waals surface area (Å²) in [7, 11) is 0. The number of benzene rings is 1. The van der Waals surface area contributed by atoms with Crippen molar-refractivity contribution in [1.82, 2.24) is 10.2 Å². The molecule has 0 amide bonds. The monoisotopic (exact) mass is 478 g/mol. The molecule has 1 fully saturated rings. The van der Waals surface area contributed by atoms with Gasteiger partial charge in [-0.25, -0.2) is 9.79 Å². The van der Waals surface area contributed by atoms with Crippen LogP contribution in [0.1, 0.15) is 37.8 Å². The van der Waals surface area contributed by atoms with E-state index in [1.54, 1.807) is 20.1 Å². The molecule has 1 aliphatic rings.